The third-order valence-corrected chi connectivity index (χ3v) is 1.71. The number of pyridine rings is 1. The molecule has 0 amide bonds. The monoisotopic (exact) mass is 211 g/mol. The number of hydrogen-bond donors (Lipinski definition) is 1. The molecule has 1 unspecified atom stereocenters. The zero-order valence-electron chi connectivity index (χ0n) is 8.64. The van der Waals surface area contributed by atoms with Gasteiger partial charge in [0.25, 0.3) is 0 Å². The lowest BCUT2D eigenvalue weighted by atomic mass is 10.3. The van der Waals surface area contributed by atoms with E-state index in [2.05, 4.69) is 4.98 Å². The third-order valence-electron chi connectivity index (χ3n) is 1.71. The highest BCUT2D eigenvalue weighted by molar-refractivity contribution is 5.87. The predicted molar refractivity (Wildman–Crippen MR) is 53.2 cm³/mol. The van der Waals surface area contributed by atoms with Crippen molar-refractivity contribution in [3.63, 3.8) is 0 Å². The second-order valence-electron chi connectivity index (χ2n) is 3.07. The predicted octanol–water partition coefficient (Wildman–Crippen LogP) is 1.19. The van der Waals surface area contributed by atoms with Gasteiger partial charge in [0.1, 0.15) is 6.10 Å². The van der Waals surface area contributed by atoms with Gasteiger partial charge in [0.15, 0.2) is 0 Å². The lowest BCUT2D eigenvalue weighted by molar-refractivity contribution is 0.0695. The van der Waals surface area contributed by atoms with E-state index in [1.165, 1.54) is 18.3 Å². The van der Waals surface area contributed by atoms with Crippen molar-refractivity contribution in [2.75, 3.05) is 13.7 Å². The normalized spacial score (nSPS) is 12.1. The number of aromatic carboxylic acids is 1. The van der Waals surface area contributed by atoms with Crippen molar-refractivity contribution >= 4 is 5.97 Å². The van der Waals surface area contributed by atoms with Crippen molar-refractivity contribution in [3.8, 4) is 5.88 Å². The van der Waals surface area contributed by atoms with Crippen molar-refractivity contribution in [3.05, 3.63) is 23.9 Å². The number of carboxylic acids is 1. The summed E-state index contributed by atoms with van der Waals surface area (Å²) in [4.78, 5) is 14.4. The van der Waals surface area contributed by atoms with E-state index < -0.39 is 5.97 Å². The van der Waals surface area contributed by atoms with Crippen LogP contribution in [0.3, 0.4) is 0 Å². The Bertz CT molecular complexity index is 323. The van der Waals surface area contributed by atoms with Crippen molar-refractivity contribution in [2.24, 2.45) is 0 Å². The molecule has 1 aromatic heterocycles. The highest BCUT2D eigenvalue weighted by Gasteiger charge is 2.06. The van der Waals surface area contributed by atoms with Gasteiger partial charge in [0.05, 0.1) is 12.2 Å². The molecule has 1 aromatic rings. The number of aromatic nitrogens is 1. The van der Waals surface area contributed by atoms with Crippen LogP contribution in [-0.2, 0) is 4.74 Å². The molecule has 1 N–H and O–H groups in total. The van der Waals surface area contributed by atoms with Crippen LogP contribution in [-0.4, -0.2) is 35.9 Å². The Morgan fingerprint density at radius 2 is 2.33 bits per heavy atom. The molecule has 15 heavy (non-hydrogen) atoms. The van der Waals surface area contributed by atoms with Crippen LogP contribution in [0.5, 0.6) is 5.88 Å². The fraction of sp³-hybridized carbons (Fsp3) is 0.400. The molecule has 1 heterocycles. The van der Waals surface area contributed by atoms with Gasteiger partial charge < -0.3 is 14.6 Å². The molecule has 5 heteroatoms. The van der Waals surface area contributed by atoms with Crippen LogP contribution in [0.2, 0.25) is 0 Å². The molecule has 0 saturated carbocycles. The summed E-state index contributed by atoms with van der Waals surface area (Å²) in [5, 5.41) is 8.64. The van der Waals surface area contributed by atoms with Crippen LogP contribution >= 0.6 is 0 Å². The van der Waals surface area contributed by atoms with Gasteiger partial charge in [0, 0.05) is 19.4 Å². The molecule has 82 valence electrons. The summed E-state index contributed by atoms with van der Waals surface area (Å²) >= 11 is 0. The molecule has 0 spiro atoms. The Balaban J connectivity index is 2.60. The van der Waals surface area contributed by atoms with E-state index in [-0.39, 0.29) is 11.7 Å². The molecule has 0 aliphatic heterocycles. The number of rotatable bonds is 5. The minimum absolute atomic E-state index is 0.113. The van der Waals surface area contributed by atoms with E-state index in [0.717, 1.165) is 0 Å². The molecule has 0 bridgehead atoms. The first-order valence-electron chi connectivity index (χ1n) is 4.48. The van der Waals surface area contributed by atoms with Crippen molar-refractivity contribution in [2.45, 2.75) is 13.0 Å². The maximum atomic E-state index is 10.5. The van der Waals surface area contributed by atoms with E-state index in [1.807, 2.05) is 6.92 Å². The van der Waals surface area contributed by atoms with Crippen molar-refractivity contribution < 1.29 is 19.4 Å². The first-order valence-corrected chi connectivity index (χ1v) is 4.48. The fourth-order valence-electron chi connectivity index (χ4n) is 1.05. The van der Waals surface area contributed by atoms with E-state index in [9.17, 15) is 4.79 Å². The zero-order chi connectivity index (χ0) is 11.3. The lowest BCUT2D eigenvalue weighted by Crippen LogP contribution is -2.18. The molecule has 5 nitrogen and oxygen atoms in total. The van der Waals surface area contributed by atoms with Gasteiger partial charge in [-0.05, 0) is 13.0 Å². The molecular formula is C10H13NO4. The lowest BCUT2D eigenvalue weighted by Gasteiger charge is -2.12. The Morgan fingerprint density at radius 3 is 2.80 bits per heavy atom. The fourth-order valence-corrected chi connectivity index (χ4v) is 1.05. The SMILES string of the molecule is COCC(C)Oc1ccc(C(=O)O)cn1. The van der Waals surface area contributed by atoms with Crippen LogP contribution in [0.15, 0.2) is 18.3 Å². The zero-order valence-corrected chi connectivity index (χ0v) is 8.64. The van der Waals surface area contributed by atoms with Gasteiger partial charge in [-0.3, -0.25) is 0 Å². The van der Waals surface area contributed by atoms with Crippen molar-refractivity contribution in [1.82, 2.24) is 4.98 Å². The quantitative estimate of drug-likeness (QED) is 0.792. The van der Waals surface area contributed by atoms with Gasteiger partial charge in [0.2, 0.25) is 5.88 Å². The van der Waals surface area contributed by atoms with Crippen LogP contribution < -0.4 is 4.74 Å². The Labute approximate surface area is 87.7 Å². The summed E-state index contributed by atoms with van der Waals surface area (Å²) in [6.45, 7) is 2.30. The molecular weight excluding hydrogens is 198 g/mol. The maximum absolute atomic E-state index is 10.5. The Kier molecular flexibility index (Phi) is 4.05. The van der Waals surface area contributed by atoms with Gasteiger partial charge in [-0.2, -0.15) is 0 Å². The third kappa shape index (κ3) is 3.55. The first kappa shape index (κ1) is 11.5. The summed E-state index contributed by atoms with van der Waals surface area (Å²) in [6.07, 6.45) is 1.15. The Hall–Kier alpha value is -1.62. The average molecular weight is 211 g/mol. The van der Waals surface area contributed by atoms with E-state index in [0.29, 0.717) is 12.5 Å². The van der Waals surface area contributed by atoms with Crippen LogP contribution in [0.25, 0.3) is 0 Å². The highest BCUT2D eigenvalue weighted by Crippen LogP contribution is 2.09. The summed E-state index contributed by atoms with van der Waals surface area (Å²) in [7, 11) is 1.58. The number of carboxylic acid groups (broad SMARTS) is 1. The number of methoxy groups -OCH3 is 1. The van der Waals surface area contributed by atoms with Gasteiger partial charge in [-0.1, -0.05) is 0 Å². The topological polar surface area (TPSA) is 68.7 Å². The number of ether oxygens (including phenoxy) is 2. The largest absolute Gasteiger partial charge is 0.478 e. The van der Waals surface area contributed by atoms with E-state index in [1.54, 1.807) is 7.11 Å². The average Bonchev–Trinajstić information content (AvgIpc) is 2.18. The van der Waals surface area contributed by atoms with Gasteiger partial charge >= 0.3 is 5.97 Å². The summed E-state index contributed by atoms with van der Waals surface area (Å²) in [5.41, 5.74) is 0.141. The molecule has 0 aromatic carbocycles. The maximum Gasteiger partial charge on any atom is 0.337 e. The van der Waals surface area contributed by atoms with Crippen LogP contribution in [0.4, 0.5) is 0 Å². The second kappa shape index (κ2) is 5.31. The number of carbonyl (C=O) groups is 1. The molecule has 0 aliphatic carbocycles. The number of hydrogen-bond acceptors (Lipinski definition) is 4. The standard InChI is InChI=1S/C10H13NO4/c1-7(6-14-2)15-9-4-3-8(5-11-9)10(12)13/h3-5,7H,6H2,1-2H3,(H,12,13). The summed E-state index contributed by atoms with van der Waals surface area (Å²) in [6, 6.07) is 2.97. The van der Waals surface area contributed by atoms with Gasteiger partial charge in [-0.15, -0.1) is 0 Å². The minimum atomic E-state index is -1.00. The van der Waals surface area contributed by atoms with Crippen LogP contribution in [0, 0.1) is 0 Å². The molecule has 1 rings (SSSR count). The Morgan fingerprint density at radius 1 is 1.60 bits per heavy atom. The second-order valence-corrected chi connectivity index (χ2v) is 3.07. The molecule has 0 saturated heterocycles. The smallest absolute Gasteiger partial charge is 0.337 e. The molecule has 0 aliphatic rings. The van der Waals surface area contributed by atoms with Crippen LogP contribution in [0.1, 0.15) is 17.3 Å². The highest BCUT2D eigenvalue weighted by atomic mass is 16.5. The summed E-state index contributed by atoms with van der Waals surface area (Å²) < 4.78 is 10.3. The molecule has 1 atom stereocenters. The first-order chi connectivity index (χ1) is 7.13. The van der Waals surface area contributed by atoms with E-state index in [4.69, 9.17) is 14.6 Å². The minimum Gasteiger partial charge on any atom is -0.478 e. The summed E-state index contributed by atoms with van der Waals surface area (Å²) in [5.74, 6) is -0.608. The van der Waals surface area contributed by atoms with Crippen molar-refractivity contribution in [1.29, 1.82) is 0 Å². The molecule has 0 radical (unpaired) electrons. The van der Waals surface area contributed by atoms with Gasteiger partial charge in [-0.25, -0.2) is 9.78 Å². The molecule has 0 fully saturated rings. The van der Waals surface area contributed by atoms with E-state index >= 15 is 0 Å². The number of nitrogens with zero attached hydrogens (tertiary/aromatic N) is 1.